The Bertz CT molecular complexity index is 269. The summed E-state index contributed by atoms with van der Waals surface area (Å²) >= 11 is 0. The van der Waals surface area contributed by atoms with Crippen LogP contribution >= 0.6 is 0 Å². The van der Waals surface area contributed by atoms with Gasteiger partial charge in [-0.3, -0.25) is 0 Å². The van der Waals surface area contributed by atoms with E-state index in [9.17, 15) is 4.79 Å². The fraction of sp³-hybridized carbons (Fsp3) is 0.800. The zero-order chi connectivity index (χ0) is 15.2. The second-order valence-electron chi connectivity index (χ2n) is 4.72. The molecular weight excluding hydrogens is 272 g/mol. The fourth-order valence-electron chi connectivity index (χ4n) is 1.30. The Morgan fingerprint density at radius 3 is 2.00 bits per heavy atom. The monoisotopic (exact) mass is 301 g/mol. The van der Waals surface area contributed by atoms with Crippen molar-refractivity contribution in [2.75, 3.05) is 13.2 Å². The van der Waals surface area contributed by atoms with E-state index >= 15 is 0 Å². The molecule has 0 rings (SSSR count). The first-order valence-electron chi connectivity index (χ1n) is 7.67. The molecule has 1 radical (unpaired) electrons. The minimum Gasteiger partial charge on any atom is -0.467 e. The summed E-state index contributed by atoms with van der Waals surface area (Å²) in [5.74, 6) is -0.319. The summed E-state index contributed by atoms with van der Waals surface area (Å²) in [5, 5.41) is 0. The van der Waals surface area contributed by atoms with Gasteiger partial charge in [-0.25, -0.2) is 4.79 Å². The van der Waals surface area contributed by atoms with E-state index in [2.05, 4.69) is 20.8 Å². The molecule has 0 spiro atoms. The first-order chi connectivity index (χ1) is 9.65. The molecule has 0 aromatic carbocycles. The number of hydrogen-bond acceptors (Lipinski definition) is 4. The highest BCUT2D eigenvalue weighted by Crippen LogP contribution is 2.05. The van der Waals surface area contributed by atoms with Gasteiger partial charge in [-0.15, -0.1) is 0 Å². The molecule has 0 heterocycles. The molecular formula is C15H29O4Si. The lowest BCUT2D eigenvalue weighted by Gasteiger charge is -2.14. The molecule has 0 bridgehead atoms. The molecule has 0 fully saturated rings. The van der Waals surface area contributed by atoms with Crippen LogP contribution in [0.5, 0.6) is 0 Å². The van der Waals surface area contributed by atoms with E-state index in [4.69, 9.17) is 13.3 Å². The molecule has 0 amide bonds. The highest BCUT2D eigenvalue weighted by molar-refractivity contribution is 6.39. The third-order valence-electron chi connectivity index (χ3n) is 2.67. The van der Waals surface area contributed by atoms with Gasteiger partial charge in [-0.05, 0) is 26.2 Å². The van der Waals surface area contributed by atoms with E-state index in [1.54, 1.807) is 6.92 Å². The molecule has 4 nitrogen and oxygen atoms in total. The van der Waals surface area contributed by atoms with Gasteiger partial charge in [-0.2, -0.15) is 0 Å². The molecule has 20 heavy (non-hydrogen) atoms. The zero-order valence-corrected chi connectivity index (χ0v) is 14.4. The smallest absolute Gasteiger partial charge is 0.467 e. The molecule has 0 aliphatic heterocycles. The van der Waals surface area contributed by atoms with Crippen molar-refractivity contribution in [1.82, 2.24) is 0 Å². The van der Waals surface area contributed by atoms with Crippen molar-refractivity contribution in [3.63, 3.8) is 0 Å². The van der Waals surface area contributed by atoms with E-state index in [1.165, 1.54) is 0 Å². The second kappa shape index (κ2) is 13.3. The lowest BCUT2D eigenvalue weighted by Crippen LogP contribution is -2.31. The minimum atomic E-state index is -1.95. The standard InChI is InChI=1S/C15H29O4Si/c1-5-8-11-14(4)15(16)19-20(17-12-9-6-2)18-13-10-7-3/h11H,5-10,12-13H2,1-4H3. The third-order valence-corrected chi connectivity index (χ3v) is 3.90. The first-order valence-corrected chi connectivity index (χ1v) is 8.89. The Balaban J connectivity index is 4.26. The van der Waals surface area contributed by atoms with Gasteiger partial charge in [0, 0.05) is 18.8 Å². The molecule has 0 aliphatic rings. The summed E-state index contributed by atoms with van der Waals surface area (Å²) < 4.78 is 16.5. The first kappa shape index (κ1) is 19.3. The van der Waals surface area contributed by atoms with Gasteiger partial charge in [0.2, 0.25) is 0 Å². The Hall–Kier alpha value is -0.653. The maximum absolute atomic E-state index is 11.9. The molecule has 5 heteroatoms. The summed E-state index contributed by atoms with van der Waals surface area (Å²) in [5.41, 5.74) is 0.632. The van der Waals surface area contributed by atoms with E-state index in [1.807, 2.05) is 6.08 Å². The van der Waals surface area contributed by atoms with Crippen LogP contribution in [0.3, 0.4) is 0 Å². The predicted octanol–water partition coefficient (Wildman–Crippen LogP) is 3.89. The number of carbonyl (C=O) groups excluding carboxylic acids is 1. The molecule has 0 unspecified atom stereocenters. The number of unbranched alkanes of at least 4 members (excludes halogenated alkanes) is 3. The maximum Gasteiger partial charge on any atom is 0.658 e. The lowest BCUT2D eigenvalue weighted by molar-refractivity contribution is -0.133. The van der Waals surface area contributed by atoms with Gasteiger partial charge in [0.1, 0.15) is 0 Å². The van der Waals surface area contributed by atoms with Gasteiger partial charge >= 0.3 is 15.5 Å². The second-order valence-corrected chi connectivity index (χ2v) is 6.00. The van der Waals surface area contributed by atoms with Crippen LogP contribution in [0, 0.1) is 0 Å². The highest BCUT2D eigenvalue weighted by Gasteiger charge is 2.25. The summed E-state index contributed by atoms with van der Waals surface area (Å²) in [6, 6.07) is 0. The van der Waals surface area contributed by atoms with Gasteiger partial charge in [-0.1, -0.05) is 46.1 Å². The van der Waals surface area contributed by atoms with Crippen molar-refractivity contribution >= 4 is 15.5 Å². The van der Waals surface area contributed by atoms with Crippen LogP contribution in [0.25, 0.3) is 0 Å². The van der Waals surface area contributed by atoms with Crippen molar-refractivity contribution < 1.29 is 18.1 Å². The summed E-state index contributed by atoms with van der Waals surface area (Å²) in [6.45, 7) is 9.21. The summed E-state index contributed by atoms with van der Waals surface area (Å²) in [6.07, 6.45) is 7.81. The Kier molecular flexibility index (Phi) is 12.9. The van der Waals surface area contributed by atoms with E-state index in [0.29, 0.717) is 18.8 Å². The Labute approximate surface area is 125 Å². The number of hydrogen-bond donors (Lipinski definition) is 0. The van der Waals surface area contributed by atoms with Crippen LogP contribution in [0.15, 0.2) is 11.6 Å². The van der Waals surface area contributed by atoms with Crippen LogP contribution in [0.4, 0.5) is 0 Å². The van der Waals surface area contributed by atoms with Crippen molar-refractivity contribution in [1.29, 1.82) is 0 Å². The number of carbonyl (C=O) groups is 1. The zero-order valence-electron chi connectivity index (χ0n) is 13.4. The lowest BCUT2D eigenvalue weighted by atomic mass is 10.2. The molecule has 0 saturated heterocycles. The molecule has 0 aliphatic carbocycles. The van der Waals surface area contributed by atoms with Gasteiger partial charge < -0.3 is 13.3 Å². The number of allylic oxidation sites excluding steroid dienone is 1. The molecule has 0 aromatic heterocycles. The fourth-order valence-corrected chi connectivity index (χ4v) is 2.44. The molecule has 0 N–H and O–H groups in total. The van der Waals surface area contributed by atoms with Gasteiger partial charge in [0.05, 0.1) is 0 Å². The van der Waals surface area contributed by atoms with Crippen LogP contribution in [0.2, 0.25) is 0 Å². The topological polar surface area (TPSA) is 44.8 Å². The van der Waals surface area contributed by atoms with Crippen molar-refractivity contribution in [3.8, 4) is 0 Å². The largest absolute Gasteiger partial charge is 0.658 e. The van der Waals surface area contributed by atoms with Crippen molar-refractivity contribution in [2.45, 2.75) is 66.2 Å². The third kappa shape index (κ3) is 10.2. The highest BCUT2D eigenvalue weighted by atomic mass is 28.3. The van der Waals surface area contributed by atoms with Crippen molar-refractivity contribution in [3.05, 3.63) is 11.6 Å². The average Bonchev–Trinajstić information content (AvgIpc) is 2.44. The minimum absolute atomic E-state index is 0.319. The summed E-state index contributed by atoms with van der Waals surface area (Å²) in [7, 11) is -1.95. The van der Waals surface area contributed by atoms with Crippen LogP contribution in [-0.2, 0) is 18.1 Å². The maximum atomic E-state index is 11.9. The van der Waals surface area contributed by atoms with Gasteiger partial charge in [0.15, 0.2) is 0 Å². The SMILES string of the molecule is CCCC=C(C)C(=O)O[Si](OCCCC)OCCCC. The Morgan fingerprint density at radius 2 is 1.55 bits per heavy atom. The van der Waals surface area contributed by atoms with Crippen molar-refractivity contribution in [2.24, 2.45) is 0 Å². The molecule has 0 atom stereocenters. The van der Waals surface area contributed by atoms with Crippen LogP contribution < -0.4 is 0 Å². The Morgan fingerprint density at radius 1 is 1.00 bits per heavy atom. The molecule has 0 saturated carbocycles. The average molecular weight is 301 g/mol. The molecule has 0 aromatic rings. The van der Waals surface area contributed by atoms with E-state index < -0.39 is 9.53 Å². The van der Waals surface area contributed by atoms with E-state index in [-0.39, 0.29) is 5.97 Å². The van der Waals surface area contributed by atoms with E-state index in [0.717, 1.165) is 38.5 Å². The molecule has 117 valence electrons. The van der Waals surface area contributed by atoms with Crippen LogP contribution in [-0.4, -0.2) is 28.7 Å². The summed E-state index contributed by atoms with van der Waals surface area (Å²) in [4.78, 5) is 11.9. The number of rotatable bonds is 12. The normalized spacial score (nSPS) is 11.9. The predicted molar refractivity (Wildman–Crippen MR) is 82.2 cm³/mol. The quantitative estimate of drug-likeness (QED) is 0.311. The van der Waals surface area contributed by atoms with Gasteiger partial charge in [0.25, 0.3) is 0 Å². The van der Waals surface area contributed by atoms with Crippen LogP contribution in [0.1, 0.15) is 66.2 Å².